The van der Waals surface area contributed by atoms with Gasteiger partial charge in [-0.3, -0.25) is 9.59 Å². The molecule has 0 saturated heterocycles. The van der Waals surface area contributed by atoms with Gasteiger partial charge in [-0.05, 0) is 63.1 Å². The minimum absolute atomic E-state index is 0.00405. The first-order valence-electron chi connectivity index (χ1n) is 9.30. The van der Waals surface area contributed by atoms with Crippen LogP contribution in [0.5, 0.6) is 5.75 Å². The maximum Gasteiger partial charge on any atom is 0.261 e. The van der Waals surface area contributed by atoms with E-state index in [0.717, 1.165) is 15.6 Å². The molecule has 0 radical (unpaired) electrons. The monoisotopic (exact) mass is 446 g/mol. The van der Waals surface area contributed by atoms with Gasteiger partial charge in [0.25, 0.3) is 5.91 Å². The van der Waals surface area contributed by atoms with Gasteiger partial charge < -0.3 is 15.0 Å². The van der Waals surface area contributed by atoms with Crippen LogP contribution < -0.4 is 10.1 Å². The van der Waals surface area contributed by atoms with Gasteiger partial charge in [0.2, 0.25) is 5.91 Å². The molecule has 0 aromatic heterocycles. The molecule has 5 nitrogen and oxygen atoms in total. The molecule has 0 bridgehead atoms. The Hall–Kier alpha value is -2.34. The Kier molecular flexibility index (Phi) is 8.05. The molecule has 0 aliphatic rings. The highest BCUT2D eigenvalue weighted by Crippen LogP contribution is 2.17. The van der Waals surface area contributed by atoms with Crippen molar-refractivity contribution in [1.82, 2.24) is 10.2 Å². The molecule has 1 atom stereocenters. The van der Waals surface area contributed by atoms with Gasteiger partial charge in [0, 0.05) is 17.1 Å². The predicted molar refractivity (Wildman–Crippen MR) is 114 cm³/mol. The standard InChI is InChI=1S/C22H27BrN2O3/c1-15(2)24-22(27)17(4)25(13-18-8-6-5-7-16(18)3)21(26)14-28-20-11-9-19(23)10-12-20/h5-12,15,17H,13-14H2,1-4H3,(H,24,27). The fourth-order valence-electron chi connectivity index (χ4n) is 2.72. The van der Waals surface area contributed by atoms with Crippen LogP contribution in [-0.2, 0) is 16.1 Å². The van der Waals surface area contributed by atoms with Crippen LogP contribution in [0.1, 0.15) is 31.9 Å². The molecule has 2 amide bonds. The number of carbonyl (C=O) groups is 2. The van der Waals surface area contributed by atoms with Gasteiger partial charge in [0.15, 0.2) is 6.61 Å². The number of amides is 2. The van der Waals surface area contributed by atoms with E-state index < -0.39 is 6.04 Å². The summed E-state index contributed by atoms with van der Waals surface area (Å²) in [6.07, 6.45) is 0. The molecule has 0 fully saturated rings. The van der Waals surface area contributed by atoms with E-state index in [-0.39, 0.29) is 24.5 Å². The molecule has 1 N–H and O–H groups in total. The first kappa shape index (κ1) is 22.0. The van der Waals surface area contributed by atoms with Crippen LogP contribution in [0.2, 0.25) is 0 Å². The molecule has 28 heavy (non-hydrogen) atoms. The zero-order chi connectivity index (χ0) is 20.7. The maximum absolute atomic E-state index is 12.9. The van der Waals surface area contributed by atoms with Gasteiger partial charge in [0.1, 0.15) is 11.8 Å². The molecule has 0 aliphatic heterocycles. The van der Waals surface area contributed by atoms with Crippen molar-refractivity contribution in [1.29, 1.82) is 0 Å². The number of nitrogens with one attached hydrogen (secondary N) is 1. The number of rotatable bonds is 8. The normalized spacial score (nSPS) is 11.8. The first-order valence-corrected chi connectivity index (χ1v) is 10.1. The average Bonchev–Trinajstić information content (AvgIpc) is 2.65. The quantitative estimate of drug-likeness (QED) is 0.664. The second-order valence-electron chi connectivity index (χ2n) is 7.03. The van der Waals surface area contributed by atoms with Crippen molar-refractivity contribution in [3.05, 3.63) is 64.1 Å². The van der Waals surface area contributed by atoms with E-state index in [1.807, 2.05) is 57.2 Å². The number of aryl methyl sites for hydroxylation is 1. The number of hydrogen-bond acceptors (Lipinski definition) is 3. The Balaban J connectivity index is 2.15. The van der Waals surface area contributed by atoms with Crippen LogP contribution in [0.4, 0.5) is 0 Å². The molecule has 2 aromatic carbocycles. The summed E-state index contributed by atoms with van der Waals surface area (Å²) in [6.45, 7) is 7.75. The van der Waals surface area contributed by atoms with Crippen molar-refractivity contribution in [3.63, 3.8) is 0 Å². The third-order valence-corrected chi connectivity index (χ3v) is 4.90. The summed E-state index contributed by atoms with van der Waals surface area (Å²) in [6, 6.07) is 14.5. The molecular formula is C22H27BrN2O3. The zero-order valence-corrected chi connectivity index (χ0v) is 18.3. The zero-order valence-electron chi connectivity index (χ0n) is 16.7. The molecule has 0 aliphatic carbocycles. The lowest BCUT2D eigenvalue weighted by atomic mass is 10.1. The topological polar surface area (TPSA) is 58.6 Å². The summed E-state index contributed by atoms with van der Waals surface area (Å²) in [5.74, 6) is 0.185. The first-order chi connectivity index (χ1) is 13.3. The minimum Gasteiger partial charge on any atom is -0.484 e. The molecule has 2 rings (SSSR count). The second kappa shape index (κ2) is 10.3. The van der Waals surface area contributed by atoms with Crippen LogP contribution in [0, 0.1) is 6.92 Å². The van der Waals surface area contributed by atoms with Crippen molar-refractivity contribution < 1.29 is 14.3 Å². The van der Waals surface area contributed by atoms with E-state index >= 15 is 0 Å². The molecule has 150 valence electrons. The van der Waals surface area contributed by atoms with Crippen molar-refractivity contribution >= 4 is 27.7 Å². The highest BCUT2D eigenvalue weighted by Gasteiger charge is 2.27. The van der Waals surface area contributed by atoms with E-state index in [9.17, 15) is 9.59 Å². The van der Waals surface area contributed by atoms with Crippen molar-refractivity contribution in [2.24, 2.45) is 0 Å². The van der Waals surface area contributed by atoms with E-state index in [4.69, 9.17) is 4.74 Å². The molecule has 2 aromatic rings. The van der Waals surface area contributed by atoms with Gasteiger partial charge in [0.05, 0.1) is 0 Å². The van der Waals surface area contributed by atoms with Crippen molar-refractivity contribution in [2.45, 2.75) is 46.3 Å². The van der Waals surface area contributed by atoms with Gasteiger partial charge in [-0.1, -0.05) is 40.2 Å². The molecule has 0 heterocycles. The summed E-state index contributed by atoms with van der Waals surface area (Å²) in [5, 5.41) is 2.88. The lowest BCUT2D eigenvalue weighted by Crippen LogP contribution is -2.50. The van der Waals surface area contributed by atoms with E-state index in [0.29, 0.717) is 12.3 Å². The van der Waals surface area contributed by atoms with Crippen LogP contribution in [-0.4, -0.2) is 35.4 Å². The van der Waals surface area contributed by atoms with E-state index in [2.05, 4.69) is 21.2 Å². The van der Waals surface area contributed by atoms with Gasteiger partial charge in [-0.25, -0.2) is 0 Å². The third kappa shape index (κ3) is 6.37. The fourth-order valence-corrected chi connectivity index (χ4v) is 2.98. The summed E-state index contributed by atoms with van der Waals surface area (Å²) in [5.41, 5.74) is 2.08. The largest absolute Gasteiger partial charge is 0.484 e. The number of benzene rings is 2. The molecule has 1 unspecified atom stereocenters. The third-order valence-electron chi connectivity index (χ3n) is 4.38. The minimum atomic E-state index is -0.608. The maximum atomic E-state index is 12.9. The highest BCUT2D eigenvalue weighted by atomic mass is 79.9. The predicted octanol–water partition coefficient (Wildman–Crippen LogP) is 4.08. The molecule has 0 saturated carbocycles. The number of halogens is 1. The second-order valence-corrected chi connectivity index (χ2v) is 7.95. The number of carbonyl (C=O) groups excluding carboxylic acids is 2. The van der Waals surface area contributed by atoms with Gasteiger partial charge in [-0.2, -0.15) is 0 Å². The Bertz CT molecular complexity index is 806. The van der Waals surface area contributed by atoms with Crippen molar-refractivity contribution in [3.8, 4) is 5.75 Å². The Labute approximate surface area is 175 Å². The number of nitrogens with zero attached hydrogens (tertiary/aromatic N) is 1. The Morgan fingerprint density at radius 2 is 1.71 bits per heavy atom. The van der Waals surface area contributed by atoms with Crippen LogP contribution in [0.25, 0.3) is 0 Å². The smallest absolute Gasteiger partial charge is 0.261 e. The van der Waals surface area contributed by atoms with Crippen LogP contribution in [0.3, 0.4) is 0 Å². The molecule has 6 heteroatoms. The Morgan fingerprint density at radius 3 is 2.32 bits per heavy atom. The highest BCUT2D eigenvalue weighted by molar-refractivity contribution is 9.10. The summed E-state index contributed by atoms with van der Waals surface area (Å²) in [7, 11) is 0. The Morgan fingerprint density at radius 1 is 1.07 bits per heavy atom. The molecule has 0 spiro atoms. The summed E-state index contributed by atoms with van der Waals surface area (Å²) >= 11 is 3.37. The number of hydrogen-bond donors (Lipinski definition) is 1. The van der Waals surface area contributed by atoms with Crippen LogP contribution >= 0.6 is 15.9 Å². The van der Waals surface area contributed by atoms with E-state index in [1.54, 1.807) is 24.0 Å². The average molecular weight is 447 g/mol. The fraction of sp³-hybridized carbons (Fsp3) is 0.364. The summed E-state index contributed by atoms with van der Waals surface area (Å²) < 4.78 is 6.58. The van der Waals surface area contributed by atoms with E-state index in [1.165, 1.54) is 0 Å². The lowest BCUT2D eigenvalue weighted by Gasteiger charge is -2.29. The summed E-state index contributed by atoms with van der Waals surface area (Å²) in [4.78, 5) is 27.0. The lowest BCUT2D eigenvalue weighted by molar-refractivity contribution is -0.142. The number of ether oxygens (including phenoxy) is 1. The van der Waals surface area contributed by atoms with Gasteiger partial charge >= 0.3 is 0 Å². The van der Waals surface area contributed by atoms with Gasteiger partial charge in [-0.15, -0.1) is 0 Å². The SMILES string of the molecule is Cc1ccccc1CN(C(=O)COc1ccc(Br)cc1)C(C)C(=O)NC(C)C. The van der Waals surface area contributed by atoms with Crippen molar-refractivity contribution in [2.75, 3.05) is 6.61 Å². The molecular weight excluding hydrogens is 420 g/mol. The van der Waals surface area contributed by atoms with Crippen LogP contribution in [0.15, 0.2) is 53.0 Å².